The fraction of sp³-hybridized carbons (Fsp3) is 0.238. The van der Waals surface area contributed by atoms with Crippen molar-refractivity contribution in [1.82, 2.24) is 9.97 Å². The number of benzene rings is 1. The topological polar surface area (TPSA) is 143 Å². The van der Waals surface area contributed by atoms with Gasteiger partial charge in [-0.25, -0.2) is 14.8 Å². The van der Waals surface area contributed by atoms with Crippen molar-refractivity contribution in [2.75, 3.05) is 41.8 Å². The van der Waals surface area contributed by atoms with Crippen LogP contribution in [-0.2, 0) is 9.53 Å². The summed E-state index contributed by atoms with van der Waals surface area (Å²) in [5, 5.41) is 14.2. The molecule has 0 radical (unpaired) electrons. The first-order valence-corrected chi connectivity index (χ1v) is 10.9. The van der Waals surface area contributed by atoms with Crippen molar-refractivity contribution in [3.8, 4) is 0 Å². The van der Waals surface area contributed by atoms with Gasteiger partial charge in [-0.15, -0.1) is 0 Å². The third kappa shape index (κ3) is 7.82. The lowest BCUT2D eigenvalue weighted by molar-refractivity contribution is -0.192. The van der Waals surface area contributed by atoms with Gasteiger partial charge in [0.05, 0.1) is 19.4 Å². The zero-order chi connectivity index (χ0) is 25.4. The Hall–Kier alpha value is -3.91. The Morgan fingerprint density at radius 1 is 1.06 bits per heavy atom. The number of carboxylic acid groups (broad SMARTS) is 1. The maximum atomic E-state index is 11.2. The van der Waals surface area contributed by atoms with Crippen molar-refractivity contribution in [2.24, 2.45) is 5.73 Å². The van der Waals surface area contributed by atoms with Crippen LogP contribution in [0.25, 0.3) is 0 Å². The van der Waals surface area contributed by atoms with E-state index in [-0.39, 0.29) is 0 Å². The average Bonchev–Trinajstić information content (AvgIpc) is 3.29. The summed E-state index contributed by atoms with van der Waals surface area (Å²) in [5.41, 5.74) is 8.21. The number of morpholine rings is 1. The van der Waals surface area contributed by atoms with Gasteiger partial charge in [0, 0.05) is 42.4 Å². The third-order valence-corrected chi connectivity index (χ3v) is 5.45. The van der Waals surface area contributed by atoms with Gasteiger partial charge < -0.3 is 31.1 Å². The van der Waals surface area contributed by atoms with Crippen molar-refractivity contribution < 1.29 is 32.6 Å². The highest BCUT2D eigenvalue weighted by molar-refractivity contribution is 7.17. The maximum absolute atomic E-state index is 11.2. The summed E-state index contributed by atoms with van der Waals surface area (Å²) in [7, 11) is 0. The van der Waals surface area contributed by atoms with E-state index in [9.17, 15) is 18.0 Å². The summed E-state index contributed by atoms with van der Waals surface area (Å²) in [5.74, 6) is -2.54. The van der Waals surface area contributed by atoms with E-state index < -0.39 is 18.1 Å². The highest BCUT2D eigenvalue weighted by Gasteiger charge is 2.38. The predicted octanol–water partition coefficient (Wildman–Crippen LogP) is 3.59. The number of alkyl halides is 3. The number of hydrogen-bond donors (Lipinski definition) is 4. The van der Waals surface area contributed by atoms with Crippen LogP contribution in [0.15, 0.2) is 48.8 Å². The van der Waals surface area contributed by atoms with Crippen LogP contribution in [0, 0.1) is 0 Å². The van der Waals surface area contributed by atoms with Crippen LogP contribution in [0.2, 0.25) is 0 Å². The smallest absolute Gasteiger partial charge is 0.475 e. The summed E-state index contributed by atoms with van der Waals surface area (Å²) in [6.45, 7) is 3.36. The van der Waals surface area contributed by atoms with Crippen molar-refractivity contribution >= 4 is 51.2 Å². The van der Waals surface area contributed by atoms with Gasteiger partial charge in [0.25, 0.3) is 5.91 Å². The number of thiazole rings is 1. The predicted molar refractivity (Wildman–Crippen MR) is 125 cm³/mol. The highest BCUT2D eigenvalue weighted by atomic mass is 32.1. The van der Waals surface area contributed by atoms with Crippen LogP contribution >= 0.6 is 11.3 Å². The molecule has 5 N–H and O–H groups in total. The Morgan fingerprint density at radius 2 is 1.71 bits per heavy atom. The van der Waals surface area contributed by atoms with Crippen LogP contribution in [0.1, 0.15) is 9.67 Å². The molecule has 35 heavy (non-hydrogen) atoms. The second-order valence-corrected chi connectivity index (χ2v) is 8.05. The van der Waals surface area contributed by atoms with Crippen LogP contribution in [0.5, 0.6) is 0 Å². The molecule has 0 saturated carbocycles. The van der Waals surface area contributed by atoms with Crippen molar-refractivity contribution in [2.45, 2.75) is 6.18 Å². The molecule has 1 amide bonds. The lowest BCUT2D eigenvalue weighted by atomic mass is 10.2. The Balaban J connectivity index is 0.000000429. The minimum Gasteiger partial charge on any atom is -0.475 e. The number of carboxylic acids is 1. The first kappa shape index (κ1) is 25.7. The number of nitrogens with two attached hydrogens (primary N) is 1. The summed E-state index contributed by atoms with van der Waals surface area (Å²) >= 11 is 1.21. The molecule has 1 fully saturated rings. The number of anilines is 5. The Morgan fingerprint density at radius 3 is 2.29 bits per heavy atom. The summed E-state index contributed by atoms with van der Waals surface area (Å²) in [4.78, 5) is 31.3. The van der Waals surface area contributed by atoms with E-state index >= 15 is 0 Å². The van der Waals surface area contributed by atoms with Crippen molar-refractivity contribution in [1.29, 1.82) is 0 Å². The summed E-state index contributed by atoms with van der Waals surface area (Å²) in [6.07, 6.45) is -1.92. The summed E-state index contributed by atoms with van der Waals surface area (Å²) < 4.78 is 37.1. The van der Waals surface area contributed by atoms with Crippen molar-refractivity contribution in [3.05, 3.63) is 53.7 Å². The Bertz CT molecular complexity index is 1150. The van der Waals surface area contributed by atoms with E-state index in [4.69, 9.17) is 20.4 Å². The largest absolute Gasteiger partial charge is 0.490 e. The number of pyridine rings is 1. The number of nitrogens with zero attached hydrogens (tertiary/aromatic N) is 3. The maximum Gasteiger partial charge on any atom is 0.490 e. The van der Waals surface area contributed by atoms with E-state index in [2.05, 4.69) is 37.6 Å². The Kier molecular flexibility index (Phi) is 8.43. The SMILES string of the molecule is NC(=O)c1cnc(Nc2ccnc(Nc3ccc(N4CCOCC4)cc3)c2)s1.O=C(O)C(F)(F)F. The average molecular weight is 510 g/mol. The number of carbonyl (C=O) groups is 2. The molecule has 3 aromatic rings. The molecule has 3 heterocycles. The molecular formula is C21H21F3N6O4S. The van der Waals surface area contributed by atoms with Crippen LogP contribution in [0.4, 0.5) is 41.2 Å². The molecule has 0 aliphatic carbocycles. The second kappa shape index (κ2) is 11.5. The summed E-state index contributed by atoms with van der Waals surface area (Å²) in [6, 6.07) is 12.0. The fourth-order valence-corrected chi connectivity index (χ4v) is 3.56. The van der Waals surface area contributed by atoms with Crippen LogP contribution in [0.3, 0.4) is 0 Å². The van der Waals surface area contributed by atoms with Gasteiger partial charge in [0.15, 0.2) is 5.13 Å². The zero-order valence-electron chi connectivity index (χ0n) is 18.1. The lowest BCUT2D eigenvalue weighted by Gasteiger charge is -2.28. The van der Waals surface area contributed by atoms with E-state index in [1.165, 1.54) is 23.2 Å². The number of carbonyl (C=O) groups excluding carboxylic acids is 1. The molecule has 1 aliphatic heterocycles. The minimum atomic E-state index is -5.08. The van der Waals surface area contributed by atoms with Gasteiger partial charge >= 0.3 is 12.1 Å². The first-order valence-electron chi connectivity index (χ1n) is 10.1. The molecule has 1 aliphatic rings. The number of rotatable bonds is 6. The Labute approximate surface area is 201 Å². The number of amides is 1. The van der Waals surface area contributed by atoms with Gasteiger partial charge in [-0.3, -0.25) is 4.79 Å². The number of aromatic nitrogens is 2. The second-order valence-electron chi connectivity index (χ2n) is 7.02. The van der Waals surface area contributed by atoms with Gasteiger partial charge in [-0.05, 0) is 30.3 Å². The number of ether oxygens (including phenoxy) is 1. The molecule has 10 nitrogen and oxygen atoms in total. The number of halogens is 3. The van der Waals surface area contributed by atoms with E-state index in [0.29, 0.717) is 15.8 Å². The number of hydrogen-bond acceptors (Lipinski definition) is 9. The first-order chi connectivity index (χ1) is 16.6. The number of nitrogens with one attached hydrogen (secondary N) is 2. The monoisotopic (exact) mass is 510 g/mol. The van der Waals surface area contributed by atoms with Gasteiger partial charge in [-0.2, -0.15) is 13.2 Å². The minimum absolute atomic E-state index is 0.412. The molecule has 186 valence electrons. The molecule has 1 saturated heterocycles. The normalized spacial score (nSPS) is 13.4. The molecule has 14 heteroatoms. The van der Waals surface area contributed by atoms with Gasteiger partial charge in [0.2, 0.25) is 0 Å². The van der Waals surface area contributed by atoms with E-state index in [1.807, 2.05) is 24.3 Å². The van der Waals surface area contributed by atoms with E-state index in [0.717, 1.165) is 37.7 Å². The molecule has 0 atom stereocenters. The number of primary amides is 1. The van der Waals surface area contributed by atoms with Crippen molar-refractivity contribution in [3.63, 3.8) is 0 Å². The number of aliphatic carboxylic acids is 1. The van der Waals surface area contributed by atoms with Gasteiger partial charge in [0.1, 0.15) is 10.7 Å². The van der Waals surface area contributed by atoms with Crippen LogP contribution < -0.4 is 21.3 Å². The molecule has 0 unspecified atom stereocenters. The van der Waals surface area contributed by atoms with Gasteiger partial charge in [-0.1, -0.05) is 11.3 Å². The fourth-order valence-electron chi connectivity index (χ4n) is 2.87. The molecule has 2 aromatic heterocycles. The van der Waals surface area contributed by atoms with E-state index in [1.54, 1.807) is 6.20 Å². The van der Waals surface area contributed by atoms with Crippen LogP contribution in [-0.4, -0.2) is 59.4 Å². The standard InChI is InChI=1S/C19H20N6O2S.C2HF3O2/c20-18(26)16-12-22-19(28-16)24-14-5-6-21-17(11-14)23-13-1-3-15(4-2-13)25-7-9-27-10-8-25;3-2(4,5)1(6)7/h1-6,11-12H,7-10H2,(H2,20,26)(H2,21,22,23,24);(H,6,7). The zero-order valence-corrected chi connectivity index (χ0v) is 18.9. The lowest BCUT2D eigenvalue weighted by Crippen LogP contribution is -2.36. The third-order valence-electron chi connectivity index (χ3n) is 4.52. The molecule has 4 rings (SSSR count). The molecule has 0 bridgehead atoms. The quantitative estimate of drug-likeness (QED) is 0.391. The molecular weight excluding hydrogens is 489 g/mol. The molecule has 1 aromatic carbocycles. The highest BCUT2D eigenvalue weighted by Crippen LogP contribution is 2.25. The molecule has 0 spiro atoms.